The van der Waals surface area contributed by atoms with Crippen LogP contribution in [0.15, 0.2) is 72.8 Å². The van der Waals surface area contributed by atoms with Gasteiger partial charge in [-0.2, -0.15) is 0 Å². The van der Waals surface area contributed by atoms with Gasteiger partial charge >= 0.3 is 0 Å². The van der Waals surface area contributed by atoms with Crippen LogP contribution in [0.5, 0.6) is 17.2 Å². The van der Waals surface area contributed by atoms with Crippen LogP contribution in [-0.4, -0.2) is 21.7 Å². The molecule has 0 unspecified atom stereocenters. The van der Waals surface area contributed by atoms with E-state index in [-0.39, 0.29) is 5.75 Å². The lowest BCUT2D eigenvalue weighted by Crippen LogP contribution is -1.93. The van der Waals surface area contributed by atoms with Crippen molar-refractivity contribution < 1.29 is 14.6 Å². The van der Waals surface area contributed by atoms with E-state index in [2.05, 4.69) is 4.98 Å². The van der Waals surface area contributed by atoms with Gasteiger partial charge in [-0.05, 0) is 79.7 Å². The Morgan fingerprint density at radius 3 is 2.10 bits per heavy atom. The molecule has 4 aromatic rings. The van der Waals surface area contributed by atoms with Gasteiger partial charge in [-0.3, -0.25) is 0 Å². The van der Waals surface area contributed by atoms with E-state index in [9.17, 15) is 5.11 Å². The minimum atomic E-state index is 0.220. The summed E-state index contributed by atoms with van der Waals surface area (Å²) in [5.74, 6) is 2.41. The number of benzene rings is 3. The van der Waals surface area contributed by atoms with Gasteiger partial charge in [-0.15, -0.1) is 0 Å². The van der Waals surface area contributed by atoms with Crippen LogP contribution in [-0.2, 0) is 11.3 Å². The van der Waals surface area contributed by atoms with Crippen molar-refractivity contribution >= 4 is 11.6 Å². The van der Waals surface area contributed by atoms with Gasteiger partial charge < -0.3 is 19.6 Å². The minimum absolute atomic E-state index is 0.220. The maximum Gasteiger partial charge on any atom is 0.133 e. The van der Waals surface area contributed by atoms with Gasteiger partial charge in [0.1, 0.15) is 29.7 Å². The first-order chi connectivity index (χ1) is 14.6. The molecule has 2 N–H and O–H groups in total. The Morgan fingerprint density at radius 1 is 0.867 bits per heavy atom. The molecule has 6 heteroatoms. The van der Waals surface area contributed by atoms with Gasteiger partial charge in [0.25, 0.3) is 0 Å². The fourth-order valence-corrected chi connectivity index (χ4v) is 3.18. The highest BCUT2D eigenvalue weighted by molar-refractivity contribution is 6.30. The Hall–Kier alpha value is -3.28. The third-order valence-electron chi connectivity index (χ3n) is 4.53. The van der Waals surface area contributed by atoms with Crippen molar-refractivity contribution in [3.05, 3.63) is 83.6 Å². The maximum absolute atomic E-state index is 9.61. The third kappa shape index (κ3) is 4.64. The molecule has 0 aliphatic rings. The molecule has 3 aromatic carbocycles. The van der Waals surface area contributed by atoms with E-state index in [1.165, 1.54) is 0 Å². The number of hydrogen-bond acceptors (Lipinski definition) is 4. The van der Waals surface area contributed by atoms with E-state index in [0.717, 1.165) is 39.8 Å². The summed E-state index contributed by atoms with van der Waals surface area (Å²) in [6.45, 7) is 2.96. The SMILES string of the molecule is CCOCc1nc(-c2ccc(Oc3ccc(Cl)cc3)cc2)c(-c2ccc(O)cc2)[nH]1. The Labute approximate surface area is 179 Å². The number of halogens is 1. The fraction of sp³-hybridized carbons (Fsp3) is 0.125. The van der Waals surface area contributed by atoms with E-state index < -0.39 is 0 Å². The summed E-state index contributed by atoms with van der Waals surface area (Å²) in [6, 6.07) is 22.0. The van der Waals surface area contributed by atoms with Crippen molar-refractivity contribution in [1.29, 1.82) is 0 Å². The predicted octanol–water partition coefficient (Wildman–Crippen LogP) is 6.43. The molecule has 0 saturated carbocycles. The number of hydrogen-bond donors (Lipinski definition) is 2. The van der Waals surface area contributed by atoms with Crippen LogP contribution in [0.4, 0.5) is 0 Å². The summed E-state index contributed by atoms with van der Waals surface area (Å²) < 4.78 is 11.4. The summed E-state index contributed by atoms with van der Waals surface area (Å²) in [5, 5.41) is 10.3. The van der Waals surface area contributed by atoms with Gasteiger partial charge in [0, 0.05) is 22.8 Å². The molecule has 0 saturated heterocycles. The number of aromatic amines is 1. The Balaban J connectivity index is 1.63. The Morgan fingerprint density at radius 2 is 1.47 bits per heavy atom. The number of phenols is 1. The number of imidazole rings is 1. The molecule has 30 heavy (non-hydrogen) atoms. The molecule has 4 rings (SSSR count). The second-order valence-corrected chi connectivity index (χ2v) is 7.11. The molecule has 0 amide bonds. The Kier molecular flexibility index (Phi) is 6.02. The van der Waals surface area contributed by atoms with Crippen LogP contribution in [0.2, 0.25) is 5.02 Å². The van der Waals surface area contributed by atoms with Crippen molar-refractivity contribution in [2.75, 3.05) is 6.61 Å². The lowest BCUT2D eigenvalue weighted by atomic mass is 10.0. The van der Waals surface area contributed by atoms with Gasteiger partial charge in [0.2, 0.25) is 0 Å². The molecular formula is C24H21ClN2O3. The molecule has 0 fully saturated rings. The normalized spacial score (nSPS) is 10.9. The second kappa shape index (κ2) is 9.03. The number of nitrogens with zero attached hydrogens (tertiary/aromatic N) is 1. The summed E-state index contributed by atoms with van der Waals surface area (Å²) in [5.41, 5.74) is 3.56. The van der Waals surface area contributed by atoms with Crippen molar-refractivity contribution in [3.8, 4) is 39.8 Å². The van der Waals surface area contributed by atoms with Gasteiger partial charge in [0.15, 0.2) is 0 Å². The van der Waals surface area contributed by atoms with Crippen LogP contribution in [0.25, 0.3) is 22.5 Å². The second-order valence-electron chi connectivity index (χ2n) is 6.67. The lowest BCUT2D eigenvalue weighted by molar-refractivity contribution is 0.129. The smallest absolute Gasteiger partial charge is 0.133 e. The monoisotopic (exact) mass is 420 g/mol. The van der Waals surface area contributed by atoms with Crippen LogP contribution in [0, 0.1) is 0 Å². The van der Waals surface area contributed by atoms with Crippen molar-refractivity contribution in [1.82, 2.24) is 9.97 Å². The van der Waals surface area contributed by atoms with Gasteiger partial charge in [-0.1, -0.05) is 11.6 Å². The highest BCUT2D eigenvalue weighted by Gasteiger charge is 2.15. The number of nitrogens with one attached hydrogen (secondary N) is 1. The average Bonchev–Trinajstić information content (AvgIpc) is 3.19. The van der Waals surface area contributed by atoms with E-state index in [1.807, 2.05) is 55.5 Å². The molecule has 5 nitrogen and oxygen atoms in total. The van der Waals surface area contributed by atoms with Crippen LogP contribution < -0.4 is 4.74 Å². The fourth-order valence-electron chi connectivity index (χ4n) is 3.05. The van der Waals surface area contributed by atoms with Crippen molar-refractivity contribution in [2.24, 2.45) is 0 Å². The molecule has 0 spiro atoms. The highest BCUT2D eigenvalue weighted by Crippen LogP contribution is 2.33. The zero-order valence-corrected chi connectivity index (χ0v) is 17.2. The predicted molar refractivity (Wildman–Crippen MR) is 118 cm³/mol. The standard InChI is InChI=1S/C24H21ClN2O3/c1-2-29-15-22-26-23(16-3-9-19(28)10-4-16)24(27-22)17-5-11-20(12-6-17)30-21-13-7-18(25)8-14-21/h3-14,28H,2,15H2,1H3,(H,26,27). The number of phenolic OH excluding ortho intramolecular Hbond substituents is 1. The molecule has 0 bridgehead atoms. The van der Waals surface area contributed by atoms with Crippen LogP contribution in [0.3, 0.4) is 0 Å². The zero-order valence-electron chi connectivity index (χ0n) is 16.4. The molecule has 0 radical (unpaired) electrons. The molecule has 0 atom stereocenters. The summed E-state index contributed by atoms with van der Waals surface area (Å²) >= 11 is 5.92. The first-order valence-corrected chi connectivity index (χ1v) is 10.00. The first-order valence-electron chi connectivity index (χ1n) is 9.62. The maximum atomic E-state index is 9.61. The summed E-state index contributed by atoms with van der Waals surface area (Å²) in [7, 11) is 0. The zero-order chi connectivity index (χ0) is 20.9. The highest BCUT2D eigenvalue weighted by atomic mass is 35.5. The van der Waals surface area contributed by atoms with Crippen LogP contribution >= 0.6 is 11.6 Å². The number of aromatic nitrogens is 2. The number of rotatable bonds is 7. The van der Waals surface area contributed by atoms with Crippen molar-refractivity contribution in [3.63, 3.8) is 0 Å². The minimum Gasteiger partial charge on any atom is -0.508 e. The van der Waals surface area contributed by atoms with Gasteiger partial charge in [-0.25, -0.2) is 4.98 Å². The largest absolute Gasteiger partial charge is 0.508 e. The van der Waals surface area contributed by atoms with Crippen LogP contribution in [0.1, 0.15) is 12.7 Å². The molecule has 1 aromatic heterocycles. The first kappa shape index (κ1) is 20.0. The summed E-state index contributed by atoms with van der Waals surface area (Å²) in [6.07, 6.45) is 0. The Bertz CT molecular complexity index is 1100. The van der Waals surface area contributed by atoms with E-state index in [0.29, 0.717) is 18.2 Å². The number of aromatic hydroxyl groups is 1. The van der Waals surface area contributed by atoms with E-state index in [1.54, 1.807) is 24.3 Å². The number of H-pyrrole nitrogens is 1. The molecule has 0 aliphatic heterocycles. The topological polar surface area (TPSA) is 67.4 Å². The molecule has 0 aliphatic carbocycles. The quantitative estimate of drug-likeness (QED) is 0.361. The molecular weight excluding hydrogens is 400 g/mol. The molecule has 1 heterocycles. The third-order valence-corrected chi connectivity index (χ3v) is 4.78. The van der Waals surface area contributed by atoms with Crippen molar-refractivity contribution in [2.45, 2.75) is 13.5 Å². The van der Waals surface area contributed by atoms with Gasteiger partial charge in [0.05, 0.1) is 11.4 Å². The molecule has 152 valence electrons. The number of ether oxygens (including phenoxy) is 2. The van der Waals surface area contributed by atoms with E-state index in [4.69, 9.17) is 26.1 Å². The lowest BCUT2D eigenvalue weighted by Gasteiger charge is -2.07. The average molecular weight is 421 g/mol. The van der Waals surface area contributed by atoms with E-state index >= 15 is 0 Å². The summed E-state index contributed by atoms with van der Waals surface area (Å²) in [4.78, 5) is 8.09.